The zero-order valence-electron chi connectivity index (χ0n) is 10.8. The van der Waals surface area contributed by atoms with E-state index in [1.165, 1.54) is 6.07 Å². The highest BCUT2D eigenvalue weighted by Crippen LogP contribution is 2.25. The molecule has 2 aromatic rings. The molecular weight excluding hydrogens is 267 g/mol. The normalized spacial score (nSPS) is 10.7. The molecule has 0 aliphatic rings. The molecule has 19 heavy (non-hydrogen) atoms. The number of nitrogens with zero attached hydrogens (tertiary/aromatic N) is 2. The van der Waals surface area contributed by atoms with Gasteiger partial charge in [0.25, 0.3) is 5.24 Å². The molecular formula is C14H14ClFN2O. The molecule has 5 heteroatoms. The molecule has 0 fully saturated rings. The van der Waals surface area contributed by atoms with Crippen LogP contribution in [0.1, 0.15) is 29.8 Å². The SMILES string of the molecule is CCc1cn(CC)nc1-c1cc(F)cc(C(=O)Cl)c1. The van der Waals surface area contributed by atoms with Gasteiger partial charge in [0.05, 0.1) is 5.69 Å². The van der Waals surface area contributed by atoms with Crippen molar-refractivity contribution < 1.29 is 9.18 Å². The van der Waals surface area contributed by atoms with Crippen LogP contribution in [-0.4, -0.2) is 15.0 Å². The van der Waals surface area contributed by atoms with E-state index in [9.17, 15) is 9.18 Å². The van der Waals surface area contributed by atoms with Gasteiger partial charge in [0, 0.05) is 23.9 Å². The molecule has 0 spiro atoms. The van der Waals surface area contributed by atoms with E-state index < -0.39 is 11.1 Å². The van der Waals surface area contributed by atoms with E-state index in [-0.39, 0.29) is 5.56 Å². The molecule has 0 saturated carbocycles. The Bertz CT molecular complexity index is 622. The van der Waals surface area contributed by atoms with Crippen LogP contribution in [0.5, 0.6) is 0 Å². The lowest BCUT2D eigenvalue weighted by atomic mass is 10.0. The minimum Gasteiger partial charge on any atom is -0.276 e. The Morgan fingerprint density at radius 2 is 2.11 bits per heavy atom. The Balaban J connectivity index is 2.57. The molecule has 2 rings (SSSR count). The number of rotatable bonds is 4. The van der Waals surface area contributed by atoms with Crippen molar-refractivity contribution in [2.45, 2.75) is 26.8 Å². The largest absolute Gasteiger partial charge is 0.276 e. The summed E-state index contributed by atoms with van der Waals surface area (Å²) < 4.78 is 15.3. The number of hydrogen-bond donors (Lipinski definition) is 0. The van der Waals surface area contributed by atoms with Gasteiger partial charge < -0.3 is 0 Å². The Morgan fingerprint density at radius 3 is 2.68 bits per heavy atom. The first-order valence-corrected chi connectivity index (χ1v) is 6.50. The van der Waals surface area contributed by atoms with Crippen molar-refractivity contribution >= 4 is 16.8 Å². The van der Waals surface area contributed by atoms with Crippen LogP contribution in [0.15, 0.2) is 24.4 Å². The third kappa shape index (κ3) is 2.84. The topological polar surface area (TPSA) is 34.9 Å². The van der Waals surface area contributed by atoms with Crippen molar-refractivity contribution in [1.82, 2.24) is 9.78 Å². The van der Waals surface area contributed by atoms with Gasteiger partial charge in [-0.15, -0.1) is 0 Å². The molecule has 1 heterocycles. The smallest absolute Gasteiger partial charge is 0.252 e. The van der Waals surface area contributed by atoms with Crippen LogP contribution in [0, 0.1) is 5.82 Å². The van der Waals surface area contributed by atoms with Crippen molar-refractivity contribution in [1.29, 1.82) is 0 Å². The van der Waals surface area contributed by atoms with Gasteiger partial charge in [-0.05, 0) is 48.7 Å². The number of benzene rings is 1. The van der Waals surface area contributed by atoms with E-state index in [0.717, 1.165) is 24.6 Å². The second-order valence-electron chi connectivity index (χ2n) is 4.21. The molecule has 0 atom stereocenters. The maximum Gasteiger partial charge on any atom is 0.252 e. The van der Waals surface area contributed by atoms with Crippen molar-refractivity contribution in [3.05, 3.63) is 41.3 Å². The van der Waals surface area contributed by atoms with Gasteiger partial charge in [0.1, 0.15) is 5.82 Å². The Kier molecular flexibility index (Phi) is 4.00. The van der Waals surface area contributed by atoms with Gasteiger partial charge in [0.15, 0.2) is 0 Å². The van der Waals surface area contributed by atoms with E-state index >= 15 is 0 Å². The van der Waals surface area contributed by atoms with Gasteiger partial charge in [-0.2, -0.15) is 5.10 Å². The zero-order valence-corrected chi connectivity index (χ0v) is 11.5. The van der Waals surface area contributed by atoms with Crippen molar-refractivity contribution in [3.8, 4) is 11.3 Å². The molecule has 0 radical (unpaired) electrons. The number of hydrogen-bond acceptors (Lipinski definition) is 2. The first-order chi connectivity index (χ1) is 9.05. The number of aromatic nitrogens is 2. The van der Waals surface area contributed by atoms with Crippen molar-refractivity contribution in [2.24, 2.45) is 0 Å². The predicted octanol–water partition coefficient (Wildman–Crippen LogP) is 3.65. The maximum absolute atomic E-state index is 13.6. The summed E-state index contributed by atoms with van der Waals surface area (Å²) in [5.74, 6) is -0.491. The molecule has 0 amide bonds. The molecule has 100 valence electrons. The summed E-state index contributed by atoms with van der Waals surface area (Å²) in [4.78, 5) is 11.2. The average Bonchev–Trinajstić information content (AvgIpc) is 2.81. The standard InChI is InChI=1S/C14H14ClFN2O/c1-3-9-8-18(4-2)17-13(9)10-5-11(14(15)19)7-12(16)6-10/h5-8H,3-4H2,1-2H3. The van der Waals surface area contributed by atoms with Gasteiger partial charge >= 0.3 is 0 Å². The molecule has 1 aromatic heterocycles. The molecule has 0 N–H and O–H groups in total. The van der Waals surface area contributed by atoms with Crippen LogP contribution in [0.25, 0.3) is 11.3 Å². The maximum atomic E-state index is 13.6. The van der Waals surface area contributed by atoms with Crippen LogP contribution < -0.4 is 0 Å². The lowest BCUT2D eigenvalue weighted by Crippen LogP contribution is -1.96. The minimum atomic E-state index is -0.672. The van der Waals surface area contributed by atoms with E-state index in [4.69, 9.17) is 11.6 Å². The molecule has 0 aliphatic heterocycles. The summed E-state index contributed by atoms with van der Waals surface area (Å²) >= 11 is 5.41. The highest BCUT2D eigenvalue weighted by atomic mass is 35.5. The highest BCUT2D eigenvalue weighted by molar-refractivity contribution is 6.67. The second kappa shape index (κ2) is 5.53. The summed E-state index contributed by atoms with van der Waals surface area (Å²) in [7, 11) is 0. The van der Waals surface area contributed by atoms with Crippen LogP contribution in [0.4, 0.5) is 4.39 Å². The average molecular weight is 281 g/mol. The molecule has 1 aromatic carbocycles. The third-order valence-electron chi connectivity index (χ3n) is 2.94. The van der Waals surface area contributed by atoms with Crippen LogP contribution in [0.3, 0.4) is 0 Å². The molecule has 0 bridgehead atoms. The van der Waals surface area contributed by atoms with Crippen LogP contribution >= 0.6 is 11.6 Å². The Hall–Kier alpha value is -1.68. The first kappa shape index (κ1) is 13.7. The first-order valence-electron chi connectivity index (χ1n) is 6.12. The zero-order chi connectivity index (χ0) is 14.0. The Labute approximate surface area is 116 Å². The lowest BCUT2D eigenvalue weighted by Gasteiger charge is -2.03. The van der Waals surface area contributed by atoms with E-state index in [2.05, 4.69) is 5.10 Å². The number of carbonyl (C=O) groups is 1. The fourth-order valence-electron chi connectivity index (χ4n) is 1.97. The fourth-order valence-corrected chi connectivity index (χ4v) is 2.08. The summed E-state index contributed by atoms with van der Waals surface area (Å²) in [6.45, 7) is 4.73. The van der Waals surface area contributed by atoms with Gasteiger partial charge in [-0.3, -0.25) is 9.48 Å². The highest BCUT2D eigenvalue weighted by Gasteiger charge is 2.13. The lowest BCUT2D eigenvalue weighted by molar-refractivity contribution is 0.108. The summed E-state index contributed by atoms with van der Waals surface area (Å²) in [6.07, 6.45) is 2.72. The minimum absolute atomic E-state index is 0.143. The predicted molar refractivity (Wildman–Crippen MR) is 72.9 cm³/mol. The van der Waals surface area contributed by atoms with Crippen molar-refractivity contribution in [3.63, 3.8) is 0 Å². The van der Waals surface area contributed by atoms with E-state index in [1.807, 2.05) is 20.0 Å². The van der Waals surface area contributed by atoms with E-state index in [1.54, 1.807) is 10.7 Å². The number of halogens is 2. The van der Waals surface area contributed by atoms with Gasteiger partial charge in [0.2, 0.25) is 0 Å². The molecule has 0 aliphatic carbocycles. The summed E-state index contributed by atoms with van der Waals surface area (Å²) in [5.41, 5.74) is 2.43. The third-order valence-corrected chi connectivity index (χ3v) is 3.16. The monoisotopic (exact) mass is 280 g/mol. The second-order valence-corrected chi connectivity index (χ2v) is 4.56. The summed E-state index contributed by atoms with van der Waals surface area (Å²) in [5, 5.41) is 3.73. The van der Waals surface area contributed by atoms with Crippen LogP contribution in [-0.2, 0) is 13.0 Å². The van der Waals surface area contributed by atoms with Crippen LogP contribution in [0.2, 0.25) is 0 Å². The molecule has 0 unspecified atom stereocenters. The fraction of sp³-hybridized carbons (Fsp3) is 0.286. The van der Waals surface area contributed by atoms with E-state index in [0.29, 0.717) is 11.3 Å². The number of aryl methyl sites for hydroxylation is 2. The van der Waals surface area contributed by atoms with Crippen molar-refractivity contribution in [2.75, 3.05) is 0 Å². The Morgan fingerprint density at radius 1 is 1.37 bits per heavy atom. The quantitative estimate of drug-likeness (QED) is 0.801. The van der Waals surface area contributed by atoms with Gasteiger partial charge in [-0.1, -0.05) is 6.92 Å². The van der Waals surface area contributed by atoms with Gasteiger partial charge in [-0.25, -0.2) is 4.39 Å². The molecule has 0 saturated heterocycles. The number of carbonyl (C=O) groups excluding carboxylic acids is 1. The summed E-state index contributed by atoms with van der Waals surface area (Å²) in [6, 6.07) is 4.06. The molecule has 3 nitrogen and oxygen atoms in total.